The molecule has 0 bridgehead atoms. The monoisotopic (exact) mass is 225 g/mol. The fourth-order valence-electron chi connectivity index (χ4n) is 0. The predicted molar refractivity (Wildman–Crippen MR) is 27.5 cm³/mol. The normalized spacial score (nSPS) is 11.2. The molecule has 0 saturated carbocycles. The molecule has 0 unspecified atom stereocenters. The van der Waals surface area contributed by atoms with Crippen molar-refractivity contribution in [3.8, 4) is 0 Å². The summed E-state index contributed by atoms with van der Waals surface area (Å²) in [5.41, 5.74) is -5.31. The van der Waals surface area contributed by atoms with Crippen LogP contribution in [0.25, 0.3) is 0 Å². The maximum Gasteiger partial charge on any atom is 1.00 e. The van der Waals surface area contributed by atoms with Crippen molar-refractivity contribution in [3.63, 3.8) is 0 Å². The van der Waals surface area contributed by atoms with Crippen molar-refractivity contribution < 1.29 is 74.4 Å². The van der Waals surface area contributed by atoms with Gasteiger partial charge in [-0.25, -0.2) is 13.6 Å². The van der Waals surface area contributed by atoms with E-state index >= 15 is 0 Å². The third-order valence-corrected chi connectivity index (χ3v) is 0.968. The molecule has 0 aliphatic carbocycles. The molecule has 0 radical (unpaired) electrons. The summed E-state index contributed by atoms with van der Waals surface area (Å²) in [4.78, 5) is 0. The molecule has 0 rings (SSSR count). The van der Waals surface area contributed by atoms with E-state index in [-0.39, 0.29) is 65.2 Å². The first kappa shape index (κ1) is 17.6. The molecule has 9 heteroatoms. The smallest absolute Gasteiger partial charge is 1.00 e. The Morgan fingerprint density at radius 3 is 1.40 bits per heavy atom. The van der Waals surface area contributed by atoms with Crippen LogP contribution in [0.15, 0.2) is 0 Å². The number of hydrogen-bond donors (Lipinski definition) is 1. The minimum atomic E-state index is -5.34. The van der Waals surface area contributed by atoms with Crippen LogP contribution in [0.4, 0.5) is 13.2 Å². The molecular formula is CH4ClF3KNO2S. The van der Waals surface area contributed by atoms with Gasteiger partial charge >= 0.3 is 66.9 Å². The number of nitrogens with two attached hydrogens (primary N) is 1. The molecule has 0 aromatic rings. The van der Waals surface area contributed by atoms with Gasteiger partial charge in [-0.3, -0.25) is 0 Å². The van der Waals surface area contributed by atoms with E-state index in [0.29, 0.717) is 0 Å². The maximum atomic E-state index is 10.8. The summed E-state index contributed by atoms with van der Waals surface area (Å²) in [5, 5.41) is 3.66. The molecule has 0 aliphatic rings. The Morgan fingerprint density at radius 2 is 1.40 bits per heavy atom. The third-order valence-electron chi connectivity index (χ3n) is 0.323. The van der Waals surface area contributed by atoms with Crippen molar-refractivity contribution in [1.29, 1.82) is 0 Å². The minimum absolute atomic E-state index is 0. The molecule has 60 valence electrons. The Labute approximate surface area is 106 Å². The Hall–Kier alpha value is 1.63. The van der Waals surface area contributed by atoms with Crippen LogP contribution < -0.4 is 56.5 Å². The van der Waals surface area contributed by atoms with Gasteiger partial charge in [-0.15, -0.1) is 12.4 Å². The Balaban J connectivity index is -0.0000000817. The second-order valence-corrected chi connectivity index (χ2v) is 2.54. The minimum Gasteiger partial charge on any atom is -1.00 e. The van der Waals surface area contributed by atoms with Crippen molar-refractivity contribution in [2.24, 2.45) is 5.14 Å². The van der Waals surface area contributed by atoms with Gasteiger partial charge < -0.3 is 1.43 Å². The van der Waals surface area contributed by atoms with Gasteiger partial charge in [0.2, 0.25) is 0 Å². The molecule has 0 spiro atoms. The van der Waals surface area contributed by atoms with E-state index in [9.17, 15) is 21.6 Å². The summed E-state index contributed by atoms with van der Waals surface area (Å²) >= 11 is 0. The summed E-state index contributed by atoms with van der Waals surface area (Å²) in [5.74, 6) is 0. The van der Waals surface area contributed by atoms with E-state index in [1.54, 1.807) is 0 Å². The zero-order valence-electron chi connectivity index (χ0n) is 5.84. The standard InChI is InChI=1S/CH2F3NO2S.ClH.K.H/c2-1(3,4)8(5,6)7;;;/h(H2,5,6,7);1H;;/q;;+1;-1. The second kappa shape index (κ2) is 5.30. The predicted octanol–water partition coefficient (Wildman–Crippen LogP) is -2.67. The zero-order valence-corrected chi connectivity index (χ0v) is 9.60. The van der Waals surface area contributed by atoms with Crippen LogP contribution in [0.3, 0.4) is 0 Å². The van der Waals surface area contributed by atoms with E-state index in [4.69, 9.17) is 0 Å². The summed E-state index contributed by atoms with van der Waals surface area (Å²) < 4.78 is 51.2. The van der Waals surface area contributed by atoms with Gasteiger partial charge in [0.15, 0.2) is 0 Å². The van der Waals surface area contributed by atoms with Crippen molar-refractivity contribution in [1.82, 2.24) is 0 Å². The average Bonchev–Trinajstić information content (AvgIpc) is 1.25. The van der Waals surface area contributed by atoms with E-state index in [1.807, 2.05) is 0 Å². The topological polar surface area (TPSA) is 60.2 Å². The number of hydrogen-bond acceptors (Lipinski definition) is 2. The zero-order chi connectivity index (χ0) is 7.00. The van der Waals surface area contributed by atoms with Crippen molar-refractivity contribution >= 4 is 22.4 Å². The maximum absolute atomic E-state index is 10.8. The SMILES string of the molecule is Cl.NS(=O)(=O)C(F)(F)F.[H-].[K+]. The van der Waals surface area contributed by atoms with Crippen LogP contribution >= 0.6 is 12.4 Å². The van der Waals surface area contributed by atoms with Crippen LogP contribution in [0, 0.1) is 0 Å². The van der Waals surface area contributed by atoms with Crippen molar-refractivity contribution in [2.45, 2.75) is 5.51 Å². The van der Waals surface area contributed by atoms with Crippen LogP contribution in [0.1, 0.15) is 1.43 Å². The van der Waals surface area contributed by atoms with Gasteiger partial charge in [-0.1, -0.05) is 0 Å². The summed E-state index contributed by atoms with van der Waals surface area (Å²) in [6, 6.07) is 0. The second-order valence-electron chi connectivity index (χ2n) is 0.991. The fourth-order valence-corrected chi connectivity index (χ4v) is 0. The number of rotatable bonds is 0. The van der Waals surface area contributed by atoms with Crippen molar-refractivity contribution in [3.05, 3.63) is 0 Å². The van der Waals surface area contributed by atoms with Crippen LogP contribution in [-0.2, 0) is 10.0 Å². The Kier molecular flexibility index (Phi) is 9.36. The quantitative estimate of drug-likeness (QED) is 0.458. The van der Waals surface area contributed by atoms with Gasteiger partial charge in [-0.2, -0.15) is 13.2 Å². The van der Waals surface area contributed by atoms with E-state index in [1.165, 1.54) is 0 Å². The van der Waals surface area contributed by atoms with Crippen LogP contribution in [0.2, 0.25) is 0 Å². The summed E-state index contributed by atoms with van der Waals surface area (Å²) in [6.07, 6.45) is 0. The van der Waals surface area contributed by atoms with Crippen molar-refractivity contribution in [2.75, 3.05) is 0 Å². The van der Waals surface area contributed by atoms with Crippen LogP contribution in [-0.4, -0.2) is 13.9 Å². The number of alkyl halides is 3. The average molecular weight is 226 g/mol. The van der Waals surface area contributed by atoms with Gasteiger partial charge in [0.1, 0.15) is 0 Å². The van der Waals surface area contributed by atoms with E-state index in [0.717, 1.165) is 0 Å². The van der Waals surface area contributed by atoms with Gasteiger partial charge in [-0.05, 0) is 0 Å². The molecule has 0 heterocycles. The first-order valence-corrected chi connectivity index (χ1v) is 2.89. The molecule has 0 fully saturated rings. The van der Waals surface area contributed by atoms with Gasteiger partial charge in [0, 0.05) is 0 Å². The Morgan fingerprint density at radius 1 is 1.30 bits per heavy atom. The molecule has 0 amide bonds. The van der Waals surface area contributed by atoms with Gasteiger partial charge in [0.05, 0.1) is 0 Å². The fraction of sp³-hybridized carbons (Fsp3) is 1.00. The van der Waals surface area contributed by atoms with Gasteiger partial charge in [0.25, 0.3) is 0 Å². The first-order valence-electron chi connectivity index (χ1n) is 1.34. The molecule has 2 N–H and O–H groups in total. The number of halogens is 4. The number of primary sulfonamides is 1. The van der Waals surface area contributed by atoms with E-state index < -0.39 is 15.5 Å². The summed E-state index contributed by atoms with van der Waals surface area (Å²) in [7, 11) is -5.34. The third kappa shape index (κ3) is 6.34. The molecular weight excluding hydrogens is 222 g/mol. The molecule has 0 aromatic carbocycles. The molecule has 0 aromatic heterocycles. The molecule has 10 heavy (non-hydrogen) atoms. The number of sulfonamides is 1. The molecule has 0 aliphatic heterocycles. The van der Waals surface area contributed by atoms with E-state index in [2.05, 4.69) is 5.14 Å². The molecule has 0 saturated heterocycles. The molecule has 3 nitrogen and oxygen atoms in total. The molecule has 0 atom stereocenters. The first-order chi connectivity index (χ1) is 3.25. The Bertz CT molecular complexity index is 180. The van der Waals surface area contributed by atoms with Crippen LogP contribution in [0.5, 0.6) is 0 Å². The summed E-state index contributed by atoms with van der Waals surface area (Å²) in [6.45, 7) is 0. The largest absolute Gasteiger partial charge is 1.00 e.